The molecule has 24 heavy (non-hydrogen) atoms. The van der Waals surface area contributed by atoms with Gasteiger partial charge in [-0.25, -0.2) is 4.68 Å². The van der Waals surface area contributed by atoms with Crippen LogP contribution in [0.2, 0.25) is 0 Å². The van der Waals surface area contributed by atoms with Crippen molar-refractivity contribution in [1.82, 2.24) is 9.78 Å². The third-order valence-corrected chi connectivity index (χ3v) is 4.17. The number of nitrogens with two attached hydrogens (primary N) is 1. The summed E-state index contributed by atoms with van der Waals surface area (Å²) in [4.78, 5) is 16.5. The Morgan fingerprint density at radius 1 is 1.33 bits per heavy atom. The van der Waals surface area contributed by atoms with Crippen molar-refractivity contribution in [1.29, 1.82) is 0 Å². The highest BCUT2D eigenvalue weighted by Gasteiger charge is 2.33. The number of aromatic nitrogens is 2. The van der Waals surface area contributed by atoms with E-state index in [1.165, 1.54) is 0 Å². The van der Waals surface area contributed by atoms with Crippen molar-refractivity contribution in [3.63, 3.8) is 0 Å². The van der Waals surface area contributed by atoms with Crippen molar-refractivity contribution < 1.29 is 9.63 Å². The highest BCUT2D eigenvalue weighted by Crippen LogP contribution is 2.36. The first-order valence-electron chi connectivity index (χ1n) is 8.07. The Bertz CT molecular complexity index is 788. The Balaban J connectivity index is 2.03. The number of fused-ring (bicyclic) bond motifs is 1. The van der Waals surface area contributed by atoms with Crippen molar-refractivity contribution in [2.24, 2.45) is 16.3 Å². The molecule has 6 nitrogen and oxygen atoms in total. The van der Waals surface area contributed by atoms with Gasteiger partial charge in [-0.1, -0.05) is 19.0 Å². The van der Waals surface area contributed by atoms with E-state index < -0.39 is 5.91 Å². The summed E-state index contributed by atoms with van der Waals surface area (Å²) in [6.07, 6.45) is 3.59. The van der Waals surface area contributed by atoms with Crippen molar-refractivity contribution in [3.05, 3.63) is 47.3 Å². The fourth-order valence-corrected chi connectivity index (χ4v) is 3.06. The number of hydrogen-bond donors (Lipinski definition) is 1. The van der Waals surface area contributed by atoms with Gasteiger partial charge < -0.3 is 10.6 Å². The monoisotopic (exact) mass is 326 g/mol. The van der Waals surface area contributed by atoms with E-state index in [2.05, 4.69) is 24.1 Å². The molecule has 3 rings (SSSR count). The van der Waals surface area contributed by atoms with Gasteiger partial charge in [-0.2, -0.15) is 5.10 Å². The summed E-state index contributed by atoms with van der Waals surface area (Å²) >= 11 is 0. The lowest BCUT2D eigenvalue weighted by molar-refractivity contribution is 0.100. The number of primary amides is 1. The lowest BCUT2D eigenvalue weighted by Gasteiger charge is -2.30. The second-order valence-electron chi connectivity index (χ2n) is 6.80. The summed E-state index contributed by atoms with van der Waals surface area (Å²) < 4.78 is 1.91. The van der Waals surface area contributed by atoms with Crippen LogP contribution in [0.4, 0.5) is 0 Å². The Kier molecular flexibility index (Phi) is 4.13. The minimum absolute atomic E-state index is 0.0773. The fourth-order valence-electron chi connectivity index (χ4n) is 3.06. The highest BCUT2D eigenvalue weighted by molar-refractivity contribution is 6.02. The molecule has 0 radical (unpaired) electrons. The number of benzene rings is 1. The molecule has 2 N–H and O–H groups in total. The van der Waals surface area contributed by atoms with Crippen LogP contribution in [-0.4, -0.2) is 28.0 Å². The number of rotatable bonds is 4. The minimum Gasteiger partial charge on any atom is -0.396 e. The molecule has 2 aromatic rings. The van der Waals surface area contributed by atoms with E-state index in [4.69, 9.17) is 10.6 Å². The van der Waals surface area contributed by atoms with Gasteiger partial charge in [-0.05, 0) is 49.4 Å². The smallest absolute Gasteiger partial charge is 0.248 e. The van der Waals surface area contributed by atoms with Crippen LogP contribution in [0, 0.1) is 5.41 Å². The van der Waals surface area contributed by atoms with E-state index in [0.29, 0.717) is 12.2 Å². The van der Waals surface area contributed by atoms with Gasteiger partial charge in [0.05, 0.1) is 23.3 Å². The number of oxime groups is 1. The largest absolute Gasteiger partial charge is 0.396 e. The third-order valence-electron chi connectivity index (χ3n) is 4.17. The molecule has 1 aromatic carbocycles. The van der Waals surface area contributed by atoms with Crippen molar-refractivity contribution >= 4 is 11.6 Å². The lowest BCUT2D eigenvalue weighted by Crippen LogP contribution is -2.28. The van der Waals surface area contributed by atoms with Gasteiger partial charge in [-0.15, -0.1) is 0 Å². The summed E-state index contributed by atoms with van der Waals surface area (Å²) in [5.41, 5.74) is 9.83. The summed E-state index contributed by atoms with van der Waals surface area (Å²) in [6.45, 7) is 6.89. The molecule has 0 saturated carbocycles. The summed E-state index contributed by atoms with van der Waals surface area (Å²) in [5.74, 6) is -0.434. The van der Waals surface area contributed by atoms with Crippen LogP contribution in [0.5, 0.6) is 0 Å². The van der Waals surface area contributed by atoms with E-state index in [-0.39, 0.29) is 5.41 Å². The molecule has 1 amide bonds. The molecule has 0 aliphatic heterocycles. The second kappa shape index (κ2) is 6.11. The van der Waals surface area contributed by atoms with Crippen LogP contribution < -0.4 is 5.73 Å². The maximum Gasteiger partial charge on any atom is 0.248 e. The maximum absolute atomic E-state index is 11.2. The zero-order valence-corrected chi connectivity index (χ0v) is 14.2. The molecule has 6 heteroatoms. The van der Waals surface area contributed by atoms with E-state index in [1.807, 2.05) is 29.9 Å². The average molecular weight is 326 g/mol. The van der Waals surface area contributed by atoms with E-state index in [9.17, 15) is 4.79 Å². The number of carbonyl (C=O) groups excluding carboxylic acids is 1. The van der Waals surface area contributed by atoms with Crippen molar-refractivity contribution in [3.8, 4) is 5.69 Å². The summed E-state index contributed by atoms with van der Waals surface area (Å²) in [7, 11) is 0. The van der Waals surface area contributed by atoms with Crippen LogP contribution in [0.25, 0.3) is 5.69 Å². The van der Waals surface area contributed by atoms with E-state index in [0.717, 1.165) is 35.5 Å². The van der Waals surface area contributed by atoms with Gasteiger partial charge >= 0.3 is 0 Å². The molecule has 0 bridgehead atoms. The van der Waals surface area contributed by atoms with Crippen LogP contribution in [0.3, 0.4) is 0 Å². The molecule has 1 aliphatic carbocycles. The van der Waals surface area contributed by atoms with Crippen LogP contribution in [0.1, 0.15) is 48.8 Å². The second-order valence-corrected chi connectivity index (χ2v) is 6.80. The fraction of sp³-hybridized carbons (Fsp3) is 0.389. The molecule has 0 spiro atoms. The summed E-state index contributed by atoms with van der Waals surface area (Å²) in [5, 5.41) is 8.82. The molecule has 1 heterocycles. The topological polar surface area (TPSA) is 82.5 Å². The van der Waals surface area contributed by atoms with Crippen LogP contribution >= 0.6 is 0 Å². The summed E-state index contributed by atoms with van der Waals surface area (Å²) in [6, 6.07) is 7.15. The van der Waals surface area contributed by atoms with Crippen LogP contribution in [0.15, 0.2) is 35.6 Å². The maximum atomic E-state index is 11.2. The molecule has 0 fully saturated rings. The first-order valence-corrected chi connectivity index (χ1v) is 8.07. The average Bonchev–Trinajstić information content (AvgIpc) is 2.95. The van der Waals surface area contributed by atoms with Crippen molar-refractivity contribution in [2.45, 2.75) is 33.6 Å². The zero-order chi connectivity index (χ0) is 17.3. The number of hydrogen-bond acceptors (Lipinski definition) is 4. The molecular weight excluding hydrogens is 304 g/mol. The first kappa shape index (κ1) is 16.2. The van der Waals surface area contributed by atoms with Crippen LogP contribution in [-0.2, 0) is 11.3 Å². The quantitative estimate of drug-likeness (QED) is 0.877. The van der Waals surface area contributed by atoms with Gasteiger partial charge in [0.25, 0.3) is 0 Å². The van der Waals surface area contributed by atoms with Gasteiger partial charge in [0, 0.05) is 11.1 Å². The van der Waals surface area contributed by atoms with Gasteiger partial charge in [0.2, 0.25) is 5.91 Å². The van der Waals surface area contributed by atoms with Gasteiger partial charge in [-0.3, -0.25) is 4.79 Å². The molecule has 0 saturated heterocycles. The highest BCUT2D eigenvalue weighted by atomic mass is 16.6. The molecular formula is C18H22N4O2. The zero-order valence-electron chi connectivity index (χ0n) is 14.2. The SMILES string of the molecule is CCON=C1CC(C)(C)Cc2c1cnn2-c1ccc(C(N)=O)cc1. The Labute approximate surface area is 141 Å². The minimum atomic E-state index is -0.434. The van der Waals surface area contributed by atoms with Gasteiger partial charge in [0.1, 0.15) is 6.61 Å². The normalized spacial score (nSPS) is 17.5. The lowest BCUT2D eigenvalue weighted by atomic mass is 9.76. The Hall–Kier alpha value is -2.63. The molecule has 0 unspecified atom stereocenters. The van der Waals surface area contributed by atoms with Gasteiger partial charge in [0.15, 0.2) is 0 Å². The predicted octanol–water partition coefficient (Wildman–Crippen LogP) is 2.68. The standard InChI is InChI=1S/C18H22N4O2/c1-4-24-21-15-9-18(2,3)10-16-14(15)11-20-22(16)13-7-5-12(6-8-13)17(19)23/h5-8,11H,4,9-10H2,1-3H3,(H2,19,23). The van der Waals surface area contributed by atoms with Crippen molar-refractivity contribution in [2.75, 3.05) is 6.61 Å². The first-order chi connectivity index (χ1) is 11.4. The molecule has 126 valence electrons. The Morgan fingerprint density at radius 3 is 2.67 bits per heavy atom. The van der Waals surface area contributed by atoms with E-state index in [1.54, 1.807) is 12.1 Å². The molecule has 0 atom stereocenters. The molecule has 1 aromatic heterocycles. The molecule has 1 aliphatic rings. The predicted molar refractivity (Wildman–Crippen MR) is 92.3 cm³/mol. The number of amides is 1. The van der Waals surface area contributed by atoms with E-state index >= 15 is 0 Å². The number of carbonyl (C=O) groups is 1. The Morgan fingerprint density at radius 2 is 2.04 bits per heavy atom. The third kappa shape index (κ3) is 3.04. The number of nitrogens with zero attached hydrogens (tertiary/aromatic N) is 3.